The smallest absolute Gasteiger partial charge is 0.320 e. The van der Waals surface area contributed by atoms with E-state index >= 15 is 0 Å². The zero-order valence-electron chi connectivity index (χ0n) is 7.04. The summed E-state index contributed by atoms with van der Waals surface area (Å²) in [5.74, 6) is -1.00. The van der Waals surface area contributed by atoms with E-state index in [0.717, 1.165) is 5.69 Å². The van der Waals surface area contributed by atoms with Gasteiger partial charge in [0, 0.05) is 18.3 Å². The van der Waals surface area contributed by atoms with Gasteiger partial charge in [-0.1, -0.05) is 0 Å². The molecule has 14 heavy (non-hydrogen) atoms. The molecule has 0 aliphatic carbocycles. The Morgan fingerprint density at radius 1 is 1.57 bits per heavy atom. The van der Waals surface area contributed by atoms with Gasteiger partial charge >= 0.3 is 5.97 Å². The Morgan fingerprint density at radius 2 is 2.14 bits per heavy atom. The molecule has 84 valence electrons. The molecule has 0 aromatic carbocycles. The summed E-state index contributed by atoms with van der Waals surface area (Å²) < 4.78 is 0. The Labute approximate surface area is 113 Å². The maximum Gasteiger partial charge on any atom is 0.320 e. The number of nitrogens with zero attached hydrogens (tertiary/aromatic N) is 1. The van der Waals surface area contributed by atoms with Crippen LogP contribution in [0.25, 0.3) is 0 Å². The standard InChI is InChI=1S/C6H9N3O2.3BrH/c7-5(6(10)11)1-4-2-8-3-9-4;;;/h2-3,5H,1,7H2,(H,8,9)(H,10,11);3*1H. The van der Waals surface area contributed by atoms with Crippen LogP contribution in [0.3, 0.4) is 0 Å². The van der Waals surface area contributed by atoms with E-state index in [9.17, 15) is 4.79 Å². The molecule has 4 N–H and O–H groups in total. The molecule has 5 nitrogen and oxygen atoms in total. The number of aromatic amines is 1. The normalized spacial score (nSPS) is 10.1. The van der Waals surface area contributed by atoms with Crippen LogP contribution in [0.5, 0.6) is 0 Å². The number of imidazole rings is 1. The molecule has 8 heteroatoms. The lowest BCUT2D eigenvalue weighted by atomic mass is 10.2. The minimum atomic E-state index is -1.00. The molecular weight excluding hydrogens is 386 g/mol. The number of hydrogen-bond donors (Lipinski definition) is 3. The zero-order valence-corrected chi connectivity index (χ0v) is 12.2. The lowest BCUT2D eigenvalue weighted by Gasteiger charge is -2.02. The number of halogens is 3. The minimum Gasteiger partial charge on any atom is -0.480 e. The lowest BCUT2D eigenvalue weighted by molar-refractivity contribution is -0.138. The third kappa shape index (κ3) is 6.52. The first kappa shape index (κ1) is 19.6. The second kappa shape index (κ2) is 9.63. The monoisotopic (exact) mass is 395 g/mol. The first-order chi connectivity index (χ1) is 5.20. The van der Waals surface area contributed by atoms with Crippen LogP contribution >= 0.6 is 50.9 Å². The van der Waals surface area contributed by atoms with E-state index in [1.165, 1.54) is 6.33 Å². The summed E-state index contributed by atoms with van der Waals surface area (Å²) in [5, 5.41) is 8.42. The number of carboxylic acid groups (broad SMARTS) is 1. The van der Waals surface area contributed by atoms with Gasteiger partial charge in [-0.05, 0) is 0 Å². The number of nitrogens with one attached hydrogen (secondary N) is 1. The molecule has 0 saturated heterocycles. The zero-order chi connectivity index (χ0) is 8.27. The molecule has 1 atom stereocenters. The third-order valence-corrected chi connectivity index (χ3v) is 1.31. The molecule has 0 spiro atoms. The van der Waals surface area contributed by atoms with Crippen molar-refractivity contribution in [3.63, 3.8) is 0 Å². The van der Waals surface area contributed by atoms with E-state index in [4.69, 9.17) is 10.8 Å². The highest BCUT2D eigenvalue weighted by molar-refractivity contribution is 8.93. The highest BCUT2D eigenvalue weighted by Gasteiger charge is 2.11. The fourth-order valence-electron chi connectivity index (χ4n) is 0.721. The van der Waals surface area contributed by atoms with Crippen molar-refractivity contribution in [1.82, 2.24) is 9.97 Å². The van der Waals surface area contributed by atoms with Crippen LogP contribution in [0.2, 0.25) is 0 Å². The van der Waals surface area contributed by atoms with Crippen LogP contribution in [0.4, 0.5) is 0 Å². The van der Waals surface area contributed by atoms with Gasteiger partial charge in [-0.2, -0.15) is 0 Å². The second-order valence-corrected chi connectivity index (χ2v) is 2.23. The molecule has 0 amide bonds. The summed E-state index contributed by atoms with van der Waals surface area (Å²) >= 11 is 0. The first-order valence-corrected chi connectivity index (χ1v) is 3.16. The van der Waals surface area contributed by atoms with E-state index in [0.29, 0.717) is 0 Å². The van der Waals surface area contributed by atoms with E-state index in [1.807, 2.05) is 0 Å². The first-order valence-electron chi connectivity index (χ1n) is 3.16. The van der Waals surface area contributed by atoms with Crippen molar-refractivity contribution >= 4 is 56.9 Å². The van der Waals surface area contributed by atoms with Gasteiger partial charge in [0.25, 0.3) is 0 Å². The average molecular weight is 398 g/mol. The van der Waals surface area contributed by atoms with Crippen LogP contribution in [0.1, 0.15) is 5.69 Å². The number of carbonyl (C=O) groups is 1. The van der Waals surface area contributed by atoms with Crippen molar-refractivity contribution in [2.24, 2.45) is 5.73 Å². The van der Waals surface area contributed by atoms with Gasteiger partial charge in [0.05, 0.1) is 6.33 Å². The average Bonchev–Trinajstić information content (AvgIpc) is 2.39. The molecule has 1 rings (SSSR count). The molecule has 0 bridgehead atoms. The number of H-pyrrole nitrogens is 1. The van der Waals surface area contributed by atoms with Crippen molar-refractivity contribution in [1.29, 1.82) is 0 Å². The van der Waals surface area contributed by atoms with Crippen molar-refractivity contribution < 1.29 is 9.90 Å². The van der Waals surface area contributed by atoms with Gasteiger partial charge < -0.3 is 15.8 Å². The summed E-state index contributed by atoms with van der Waals surface area (Å²) in [6.45, 7) is 0. The summed E-state index contributed by atoms with van der Waals surface area (Å²) in [6, 6.07) is -0.851. The Balaban J connectivity index is -0.000000403. The van der Waals surface area contributed by atoms with Gasteiger partial charge in [-0.25, -0.2) is 4.98 Å². The van der Waals surface area contributed by atoms with Crippen LogP contribution < -0.4 is 5.73 Å². The molecule has 1 unspecified atom stereocenters. The predicted octanol–water partition coefficient (Wildman–Crippen LogP) is 1.10. The molecule has 1 aromatic rings. The number of rotatable bonds is 3. The summed E-state index contributed by atoms with van der Waals surface area (Å²) in [7, 11) is 0. The number of aliphatic carboxylic acids is 1. The number of aromatic nitrogens is 2. The largest absolute Gasteiger partial charge is 0.480 e. The Kier molecular flexibility index (Phi) is 13.5. The van der Waals surface area contributed by atoms with E-state index < -0.39 is 12.0 Å². The van der Waals surface area contributed by atoms with Crippen LogP contribution in [0.15, 0.2) is 12.5 Å². The molecule has 1 aromatic heterocycles. The van der Waals surface area contributed by atoms with Crippen LogP contribution in [-0.2, 0) is 11.2 Å². The number of nitrogens with two attached hydrogens (primary N) is 1. The topological polar surface area (TPSA) is 92.0 Å². The molecule has 0 aliphatic heterocycles. The lowest BCUT2D eigenvalue weighted by Crippen LogP contribution is -2.32. The summed E-state index contributed by atoms with van der Waals surface area (Å²) in [6.07, 6.45) is 3.34. The molecule has 1 heterocycles. The maximum atomic E-state index is 10.3. The highest BCUT2D eigenvalue weighted by Crippen LogP contribution is 1.95. The van der Waals surface area contributed by atoms with Gasteiger partial charge in [0.15, 0.2) is 0 Å². The highest BCUT2D eigenvalue weighted by atomic mass is 79.9. The minimum absolute atomic E-state index is 0. The second-order valence-electron chi connectivity index (χ2n) is 2.23. The van der Waals surface area contributed by atoms with E-state index in [2.05, 4.69) is 9.97 Å². The summed E-state index contributed by atoms with van der Waals surface area (Å²) in [4.78, 5) is 16.8. The SMILES string of the molecule is Br.Br.Br.NC(Cc1cnc[nH]1)C(=O)O. The van der Waals surface area contributed by atoms with E-state index in [1.54, 1.807) is 6.20 Å². The molecule has 0 fully saturated rings. The number of hydrogen-bond acceptors (Lipinski definition) is 3. The van der Waals surface area contributed by atoms with Crippen molar-refractivity contribution in [3.8, 4) is 0 Å². The molecule has 0 aliphatic rings. The fourth-order valence-corrected chi connectivity index (χ4v) is 0.721. The van der Waals surface area contributed by atoms with Crippen molar-refractivity contribution in [2.75, 3.05) is 0 Å². The predicted molar refractivity (Wildman–Crippen MR) is 68.9 cm³/mol. The fraction of sp³-hybridized carbons (Fsp3) is 0.333. The summed E-state index contributed by atoms with van der Waals surface area (Å²) in [5.41, 5.74) is 6.00. The molecule has 0 saturated carbocycles. The quantitative estimate of drug-likeness (QED) is 0.712. The van der Waals surface area contributed by atoms with Crippen LogP contribution in [0, 0.1) is 0 Å². The van der Waals surface area contributed by atoms with Gasteiger partial charge in [0.2, 0.25) is 0 Å². The van der Waals surface area contributed by atoms with E-state index in [-0.39, 0.29) is 57.4 Å². The maximum absolute atomic E-state index is 10.3. The Bertz CT molecular complexity index is 242. The Hall–Kier alpha value is 0.0800. The third-order valence-electron chi connectivity index (χ3n) is 1.31. The van der Waals surface area contributed by atoms with Gasteiger partial charge in [-0.3, -0.25) is 4.79 Å². The number of carboxylic acids is 1. The van der Waals surface area contributed by atoms with Crippen LogP contribution in [-0.4, -0.2) is 27.1 Å². The molecule has 0 radical (unpaired) electrons. The van der Waals surface area contributed by atoms with Crippen molar-refractivity contribution in [3.05, 3.63) is 18.2 Å². The Morgan fingerprint density at radius 3 is 2.50 bits per heavy atom. The molecular formula is C6H12Br3N3O2. The van der Waals surface area contributed by atoms with Crippen molar-refractivity contribution in [2.45, 2.75) is 12.5 Å². The van der Waals surface area contributed by atoms with Gasteiger partial charge in [0.1, 0.15) is 6.04 Å². The van der Waals surface area contributed by atoms with Gasteiger partial charge in [-0.15, -0.1) is 50.9 Å².